The third kappa shape index (κ3) is 2.71. The number of aromatic amines is 1. The highest BCUT2D eigenvalue weighted by Gasteiger charge is 2.23. The maximum atomic E-state index is 12.3. The fourth-order valence-corrected chi connectivity index (χ4v) is 3.45. The molecule has 114 valence electrons. The number of rotatable bonds is 3. The van der Waals surface area contributed by atoms with Crippen LogP contribution < -0.4 is 5.56 Å². The molecular formula is C18H20N2O2. The van der Waals surface area contributed by atoms with Gasteiger partial charge in [-0.05, 0) is 49.0 Å². The maximum absolute atomic E-state index is 12.3. The van der Waals surface area contributed by atoms with Gasteiger partial charge in [0.2, 0.25) is 0 Å². The van der Waals surface area contributed by atoms with Gasteiger partial charge in [0.25, 0.3) is 5.56 Å². The Morgan fingerprint density at radius 1 is 1.36 bits per heavy atom. The molecule has 4 nitrogen and oxygen atoms in total. The van der Waals surface area contributed by atoms with Crippen molar-refractivity contribution in [2.24, 2.45) is 0 Å². The number of aromatic nitrogens is 1. The van der Waals surface area contributed by atoms with Crippen LogP contribution in [0.5, 0.6) is 0 Å². The molecule has 0 saturated heterocycles. The van der Waals surface area contributed by atoms with Crippen LogP contribution in [0.3, 0.4) is 0 Å². The Morgan fingerprint density at radius 3 is 2.73 bits per heavy atom. The van der Waals surface area contributed by atoms with Crippen LogP contribution in [0.15, 0.2) is 34.8 Å². The highest BCUT2D eigenvalue weighted by molar-refractivity contribution is 5.43. The van der Waals surface area contributed by atoms with Crippen molar-refractivity contribution in [1.82, 2.24) is 4.98 Å². The Kier molecular flexibility index (Phi) is 4.15. The first-order valence-corrected chi connectivity index (χ1v) is 7.82. The van der Waals surface area contributed by atoms with E-state index in [4.69, 9.17) is 4.74 Å². The molecule has 2 aliphatic carbocycles. The fraction of sp³-hybridized carbons (Fsp3) is 0.444. The molecule has 0 bridgehead atoms. The van der Waals surface area contributed by atoms with Gasteiger partial charge in [-0.3, -0.25) is 4.79 Å². The SMILES string of the molecule is COC1=CCC(c2cc(C3CCCC3)[nH]c(=O)c2C#N)C=C1. The third-order valence-corrected chi connectivity index (χ3v) is 4.69. The molecule has 1 saturated carbocycles. The van der Waals surface area contributed by atoms with E-state index in [1.165, 1.54) is 12.8 Å². The normalized spacial score (nSPS) is 21.5. The van der Waals surface area contributed by atoms with Crippen molar-refractivity contribution in [1.29, 1.82) is 5.26 Å². The van der Waals surface area contributed by atoms with E-state index >= 15 is 0 Å². The van der Waals surface area contributed by atoms with Gasteiger partial charge in [-0.25, -0.2) is 0 Å². The summed E-state index contributed by atoms with van der Waals surface area (Å²) in [5, 5.41) is 9.35. The van der Waals surface area contributed by atoms with Crippen LogP contribution in [-0.4, -0.2) is 12.1 Å². The molecule has 1 N–H and O–H groups in total. The van der Waals surface area contributed by atoms with Gasteiger partial charge >= 0.3 is 0 Å². The van der Waals surface area contributed by atoms with Crippen molar-refractivity contribution in [2.45, 2.75) is 43.9 Å². The number of hydrogen-bond donors (Lipinski definition) is 1. The summed E-state index contributed by atoms with van der Waals surface area (Å²) in [4.78, 5) is 15.2. The van der Waals surface area contributed by atoms with Crippen LogP contribution in [0.4, 0.5) is 0 Å². The fourth-order valence-electron chi connectivity index (χ4n) is 3.45. The minimum atomic E-state index is -0.253. The van der Waals surface area contributed by atoms with E-state index in [9.17, 15) is 10.1 Å². The zero-order valence-corrected chi connectivity index (χ0v) is 12.8. The van der Waals surface area contributed by atoms with E-state index in [0.717, 1.165) is 36.3 Å². The van der Waals surface area contributed by atoms with Gasteiger partial charge in [0.05, 0.1) is 7.11 Å². The van der Waals surface area contributed by atoms with Crippen LogP contribution in [0, 0.1) is 11.3 Å². The highest BCUT2D eigenvalue weighted by atomic mass is 16.5. The van der Waals surface area contributed by atoms with Gasteiger partial charge in [-0.15, -0.1) is 0 Å². The summed E-state index contributed by atoms with van der Waals surface area (Å²) in [6, 6.07) is 4.11. The number of ether oxygens (including phenoxy) is 1. The van der Waals surface area contributed by atoms with Crippen molar-refractivity contribution in [2.75, 3.05) is 7.11 Å². The van der Waals surface area contributed by atoms with E-state index in [-0.39, 0.29) is 17.0 Å². The molecular weight excluding hydrogens is 276 g/mol. The number of hydrogen-bond acceptors (Lipinski definition) is 3. The number of H-pyrrole nitrogens is 1. The Morgan fingerprint density at radius 2 is 2.14 bits per heavy atom. The zero-order valence-electron chi connectivity index (χ0n) is 12.8. The van der Waals surface area contributed by atoms with Gasteiger partial charge < -0.3 is 9.72 Å². The van der Waals surface area contributed by atoms with Crippen LogP contribution in [0.25, 0.3) is 0 Å². The van der Waals surface area contributed by atoms with E-state index < -0.39 is 0 Å². The second-order valence-electron chi connectivity index (χ2n) is 5.99. The van der Waals surface area contributed by atoms with Crippen LogP contribution in [0.1, 0.15) is 60.8 Å². The quantitative estimate of drug-likeness (QED) is 0.928. The van der Waals surface area contributed by atoms with E-state index in [1.54, 1.807) is 7.11 Å². The first-order chi connectivity index (χ1) is 10.7. The van der Waals surface area contributed by atoms with Crippen molar-refractivity contribution in [3.63, 3.8) is 0 Å². The lowest BCUT2D eigenvalue weighted by atomic mass is 9.88. The lowest BCUT2D eigenvalue weighted by Gasteiger charge is -2.19. The molecule has 0 spiro atoms. The van der Waals surface area contributed by atoms with Gasteiger partial charge in [-0.1, -0.05) is 18.9 Å². The first-order valence-electron chi connectivity index (χ1n) is 7.82. The molecule has 1 fully saturated rings. The second-order valence-corrected chi connectivity index (χ2v) is 5.99. The van der Waals surface area contributed by atoms with E-state index in [2.05, 4.69) is 11.1 Å². The van der Waals surface area contributed by atoms with Gasteiger partial charge in [0, 0.05) is 11.6 Å². The summed E-state index contributed by atoms with van der Waals surface area (Å²) < 4.78 is 5.20. The standard InChI is InChI=1S/C18H20N2O2/c1-22-14-8-6-12(7-9-14)15-10-17(13-4-2-3-5-13)20-18(21)16(15)11-19/h6,8-10,12-13H,2-5,7H2,1H3,(H,20,21). The summed E-state index contributed by atoms with van der Waals surface area (Å²) in [5.74, 6) is 1.32. The highest BCUT2D eigenvalue weighted by Crippen LogP contribution is 2.35. The number of methoxy groups -OCH3 is 1. The van der Waals surface area contributed by atoms with Gasteiger partial charge in [0.15, 0.2) is 0 Å². The Bertz CT molecular complexity index is 716. The van der Waals surface area contributed by atoms with Crippen molar-refractivity contribution in [3.8, 4) is 6.07 Å². The summed E-state index contributed by atoms with van der Waals surface area (Å²) in [5.41, 5.74) is 1.82. The molecule has 1 heterocycles. The van der Waals surface area contributed by atoms with Gasteiger partial charge in [-0.2, -0.15) is 5.26 Å². The summed E-state index contributed by atoms with van der Waals surface area (Å²) in [6.45, 7) is 0. The number of pyridine rings is 1. The van der Waals surface area contributed by atoms with Crippen molar-refractivity contribution < 1.29 is 4.74 Å². The molecule has 0 aromatic carbocycles. The Labute approximate surface area is 130 Å². The third-order valence-electron chi connectivity index (χ3n) is 4.69. The second kappa shape index (κ2) is 6.23. The number of nitriles is 1. The number of allylic oxidation sites excluding steroid dienone is 3. The average Bonchev–Trinajstić information content (AvgIpc) is 3.08. The molecule has 4 heteroatoms. The molecule has 1 unspecified atom stereocenters. The minimum Gasteiger partial charge on any atom is -0.497 e. The molecule has 3 rings (SSSR count). The molecule has 2 aliphatic rings. The number of nitrogens with one attached hydrogen (secondary N) is 1. The lowest BCUT2D eigenvalue weighted by molar-refractivity contribution is 0.303. The largest absolute Gasteiger partial charge is 0.497 e. The molecule has 22 heavy (non-hydrogen) atoms. The molecule has 0 aliphatic heterocycles. The van der Waals surface area contributed by atoms with Crippen LogP contribution >= 0.6 is 0 Å². The topological polar surface area (TPSA) is 65.9 Å². The van der Waals surface area contributed by atoms with Crippen LogP contribution in [0.2, 0.25) is 0 Å². The first kappa shape index (κ1) is 14.6. The predicted molar refractivity (Wildman–Crippen MR) is 84.6 cm³/mol. The van der Waals surface area contributed by atoms with Gasteiger partial charge in [0.1, 0.15) is 17.4 Å². The lowest BCUT2D eigenvalue weighted by Crippen LogP contribution is -2.18. The van der Waals surface area contributed by atoms with E-state index in [1.807, 2.05) is 24.3 Å². The zero-order chi connectivity index (χ0) is 15.5. The smallest absolute Gasteiger partial charge is 0.266 e. The summed E-state index contributed by atoms with van der Waals surface area (Å²) >= 11 is 0. The Hall–Kier alpha value is -2.28. The monoisotopic (exact) mass is 296 g/mol. The molecule has 1 aromatic heterocycles. The molecule has 0 amide bonds. The summed E-state index contributed by atoms with van der Waals surface area (Å²) in [7, 11) is 1.64. The maximum Gasteiger partial charge on any atom is 0.266 e. The van der Waals surface area contributed by atoms with Crippen LogP contribution in [-0.2, 0) is 4.74 Å². The summed E-state index contributed by atoms with van der Waals surface area (Å²) in [6.07, 6.45) is 11.4. The Balaban J connectivity index is 1.99. The predicted octanol–water partition coefficient (Wildman–Crippen LogP) is 3.48. The number of nitrogens with zero attached hydrogens (tertiary/aromatic N) is 1. The average molecular weight is 296 g/mol. The molecule has 0 radical (unpaired) electrons. The van der Waals surface area contributed by atoms with Crippen molar-refractivity contribution in [3.05, 3.63) is 57.2 Å². The molecule has 1 atom stereocenters. The van der Waals surface area contributed by atoms with Crippen molar-refractivity contribution >= 4 is 0 Å². The van der Waals surface area contributed by atoms with E-state index in [0.29, 0.717) is 5.92 Å². The molecule has 1 aromatic rings. The minimum absolute atomic E-state index is 0.0657.